The monoisotopic (exact) mass is 506 g/mol. The first kappa shape index (κ1) is 32.6. The van der Waals surface area contributed by atoms with E-state index in [4.69, 9.17) is 10.1 Å². The van der Waals surface area contributed by atoms with Gasteiger partial charge in [0.2, 0.25) is 0 Å². The molecule has 0 bridgehead atoms. The molecule has 1 atom stereocenters. The molecule has 1 aromatic rings. The largest absolute Gasteiger partial charge is 0.489 e. The van der Waals surface area contributed by atoms with Crippen LogP contribution in [0, 0.1) is 24.2 Å². The van der Waals surface area contributed by atoms with Gasteiger partial charge in [-0.05, 0) is 112 Å². The van der Waals surface area contributed by atoms with Crippen LogP contribution in [0.25, 0.3) is 0 Å². The molecular formula is C34H54N2O. The minimum atomic E-state index is 0.537. The minimum absolute atomic E-state index is 0.537. The third-order valence-corrected chi connectivity index (χ3v) is 7.27. The van der Waals surface area contributed by atoms with Crippen molar-refractivity contribution in [2.45, 2.75) is 93.4 Å². The molecule has 2 N–H and O–H groups in total. The predicted molar refractivity (Wildman–Crippen MR) is 164 cm³/mol. The lowest BCUT2D eigenvalue weighted by molar-refractivity contribution is 0.270. The second-order valence-electron chi connectivity index (χ2n) is 10.3. The number of piperidine rings is 1. The molecule has 1 aromatic carbocycles. The number of benzene rings is 1. The molecular weight excluding hydrogens is 452 g/mol. The highest BCUT2D eigenvalue weighted by Crippen LogP contribution is 2.23. The van der Waals surface area contributed by atoms with Crippen molar-refractivity contribution < 1.29 is 4.74 Å². The number of ether oxygens (including phenoxy) is 1. The summed E-state index contributed by atoms with van der Waals surface area (Å²) in [6.45, 7) is 18.3. The lowest BCUT2D eigenvalue weighted by Gasteiger charge is -2.27. The van der Waals surface area contributed by atoms with Gasteiger partial charge < -0.3 is 15.5 Å². The molecule has 3 heteroatoms. The molecule has 37 heavy (non-hydrogen) atoms. The topological polar surface area (TPSA) is 45.1 Å². The molecule has 0 radical (unpaired) electrons. The van der Waals surface area contributed by atoms with Crippen molar-refractivity contribution >= 4 is 6.21 Å². The first-order valence-electron chi connectivity index (χ1n) is 14.5. The fourth-order valence-corrected chi connectivity index (χ4v) is 4.56. The molecule has 0 aliphatic carbocycles. The van der Waals surface area contributed by atoms with Crippen LogP contribution in [0.3, 0.4) is 0 Å². The van der Waals surface area contributed by atoms with Crippen molar-refractivity contribution in [2.24, 2.45) is 11.8 Å². The van der Waals surface area contributed by atoms with Crippen LogP contribution in [0.15, 0.2) is 70.9 Å². The summed E-state index contributed by atoms with van der Waals surface area (Å²) in [5, 5.41) is 11.1. The van der Waals surface area contributed by atoms with Crippen molar-refractivity contribution in [3.63, 3.8) is 0 Å². The van der Waals surface area contributed by atoms with Crippen molar-refractivity contribution in [3.05, 3.63) is 76.4 Å². The second-order valence-corrected chi connectivity index (χ2v) is 10.3. The average molecular weight is 507 g/mol. The molecule has 0 aromatic heterocycles. The van der Waals surface area contributed by atoms with Gasteiger partial charge in [-0.3, -0.25) is 0 Å². The van der Waals surface area contributed by atoms with Crippen molar-refractivity contribution in [1.29, 1.82) is 5.41 Å². The lowest BCUT2D eigenvalue weighted by atomic mass is 9.85. The molecule has 1 unspecified atom stereocenters. The highest BCUT2D eigenvalue weighted by Gasteiger charge is 2.17. The smallest absolute Gasteiger partial charge is 0.120 e. The zero-order valence-corrected chi connectivity index (χ0v) is 24.8. The number of hydrogen-bond acceptors (Lipinski definition) is 3. The summed E-state index contributed by atoms with van der Waals surface area (Å²) in [7, 11) is 0. The van der Waals surface area contributed by atoms with Gasteiger partial charge in [-0.1, -0.05) is 82.9 Å². The summed E-state index contributed by atoms with van der Waals surface area (Å²) in [6.07, 6.45) is 18.4. The van der Waals surface area contributed by atoms with Crippen molar-refractivity contribution in [1.82, 2.24) is 5.32 Å². The van der Waals surface area contributed by atoms with E-state index >= 15 is 0 Å². The average Bonchev–Trinajstić information content (AvgIpc) is 2.92. The third-order valence-electron chi connectivity index (χ3n) is 7.27. The van der Waals surface area contributed by atoms with E-state index in [2.05, 4.69) is 77.2 Å². The fourth-order valence-electron chi connectivity index (χ4n) is 4.56. The first-order valence-corrected chi connectivity index (χ1v) is 14.5. The number of unbranched alkanes of at least 4 members (excludes halogenated alkanes) is 1. The molecule has 3 nitrogen and oxygen atoms in total. The Kier molecular flexibility index (Phi) is 17.4. The Hall–Kier alpha value is -2.39. The van der Waals surface area contributed by atoms with E-state index in [0.717, 1.165) is 54.4 Å². The molecule has 1 saturated heterocycles. The molecule has 1 heterocycles. The summed E-state index contributed by atoms with van der Waals surface area (Å²) in [6, 6.07) is 8.16. The Morgan fingerprint density at radius 1 is 1.14 bits per heavy atom. The Bertz CT molecular complexity index is 900. The van der Waals surface area contributed by atoms with Gasteiger partial charge in [0.05, 0.1) is 0 Å². The summed E-state index contributed by atoms with van der Waals surface area (Å²) < 4.78 is 6.09. The maximum Gasteiger partial charge on any atom is 0.120 e. The van der Waals surface area contributed by atoms with Crippen LogP contribution in [0.2, 0.25) is 0 Å². The molecule has 0 amide bonds. The van der Waals surface area contributed by atoms with Gasteiger partial charge in [-0.25, -0.2) is 0 Å². The number of aryl methyl sites for hydroxylation is 1. The molecule has 1 aliphatic heterocycles. The van der Waals surface area contributed by atoms with Gasteiger partial charge in [0.15, 0.2) is 0 Å². The van der Waals surface area contributed by atoms with E-state index in [-0.39, 0.29) is 0 Å². The normalized spacial score (nSPS) is 16.6. The Balaban J connectivity index is 0.000000568. The molecule has 206 valence electrons. The molecule has 1 fully saturated rings. The Morgan fingerprint density at radius 2 is 1.86 bits per heavy atom. The van der Waals surface area contributed by atoms with Crippen LogP contribution in [-0.4, -0.2) is 25.9 Å². The zero-order chi connectivity index (χ0) is 27.5. The number of nitrogens with one attached hydrogen (secondary N) is 2. The van der Waals surface area contributed by atoms with Gasteiger partial charge in [0.1, 0.15) is 12.4 Å². The van der Waals surface area contributed by atoms with E-state index in [9.17, 15) is 0 Å². The van der Waals surface area contributed by atoms with E-state index in [1.165, 1.54) is 55.3 Å². The van der Waals surface area contributed by atoms with E-state index < -0.39 is 0 Å². The molecule has 1 aliphatic rings. The highest BCUT2D eigenvalue weighted by atomic mass is 16.5. The molecule has 2 rings (SSSR count). The minimum Gasteiger partial charge on any atom is -0.489 e. The zero-order valence-electron chi connectivity index (χ0n) is 24.8. The van der Waals surface area contributed by atoms with Crippen LogP contribution in [0.5, 0.6) is 5.75 Å². The summed E-state index contributed by atoms with van der Waals surface area (Å²) in [5.41, 5.74) is 5.73. The Morgan fingerprint density at radius 3 is 2.43 bits per heavy atom. The highest BCUT2D eigenvalue weighted by molar-refractivity contribution is 5.84. The fraction of sp³-hybridized carbons (Fsp3) is 0.559. The number of allylic oxidation sites excluding steroid dienone is 6. The maximum absolute atomic E-state index is 7.75. The van der Waals surface area contributed by atoms with Gasteiger partial charge in [0.25, 0.3) is 0 Å². The third kappa shape index (κ3) is 13.1. The number of rotatable bonds is 13. The molecule has 0 saturated carbocycles. The van der Waals surface area contributed by atoms with Gasteiger partial charge in [-0.15, -0.1) is 0 Å². The van der Waals surface area contributed by atoms with Crippen LogP contribution in [0.4, 0.5) is 0 Å². The SMILES string of the molecule is C/C=C(C=N)/C(/C=C/CCC)=C/C(COc1cccc(C)c1)=C(\C)CCC.CCC(C)C1CCNCC1. The van der Waals surface area contributed by atoms with Crippen LogP contribution >= 0.6 is 0 Å². The van der Waals surface area contributed by atoms with E-state index in [1.54, 1.807) is 0 Å². The van der Waals surface area contributed by atoms with E-state index in [0.29, 0.717) is 6.61 Å². The van der Waals surface area contributed by atoms with Gasteiger partial charge in [-0.2, -0.15) is 0 Å². The lowest BCUT2D eigenvalue weighted by Crippen LogP contribution is -2.30. The Labute approximate surface area is 228 Å². The predicted octanol–water partition coefficient (Wildman–Crippen LogP) is 9.40. The van der Waals surface area contributed by atoms with Crippen LogP contribution < -0.4 is 10.1 Å². The van der Waals surface area contributed by atoms with Gasteiger partial charge >= 0.3 is 0 Å². The quantitative estimate of drug-likeness (QED) is 0.207. The van der Waals surface area contributed by atoms with Crippen LogP contribution in [-0.2, 0) is 0 Å². The van der Waals surface area contributed by atoms with Crippen molar-refractivity contribution in [2.75, 3.05) is 19.7 Å². The number of hydrogen-bond donors (Lipinski definition) is 2. The molecule has 0 spiro atoms. The second kappa shape index (κ2) is 19.7. The van der Waals surface area contributed by atoms with Crippen LogP contribution in [0.1, 0.15) is 92.1 Å². The summed E-state index contributed by atoms with van der Waals surface area (Å²) >= 11 is 0. The standard InChI is InChI=1S/C25H35NO.C9H19N/c1-6-9-10-14-23(22(8-3)18-26)17-24(21(5)12-7-2)19-27-25-15-11-13-20(4)16-25;1-3-8(2)9-4-6-10-7-5-9/h8,10-11,13-18,26H,6-7,9,12,19H2,1-5H3;8-10H,3-7H2,1-2H3/b14-10+,22-8+,23-17+,24-21-,26-18?;. The first-order chi connectivity index (χ1) is 17.9. The van der Waals surface area contributed by atoms with Gasteiger partial charge in [0, 0.05) is 6.21 Å². The summed E-state index contributed by atoms with van der Waals surface area (Å²) in [5.74, 6) is 2.85. The van der Waals surface area contributed by atoms with E-state index in [1.807, 2.05) is 25.1 Å². The van der Waals surface area contributed by atoms with Crippen molar-refractivity contribution in [3.8, 4) is 5.75 Å². The summed E-state index contributed by atoms with van der Waals surface area (Å²) in [4.78, 5) is 0. The maximum atomic E-state index is 7.75.